The van der Waals surface area contributed by atoms with Gasteiger partial charge in [0.05, 0.1) is 9.20 Å². The molecule has 0 aliphatic heterocycles. The smallest absolute Gasteiger partial charge is 0.266 e. The first-order valence-corrected chi connectivity index (χ1v) is 7.31. The van der Waals surface area contributed by atoms with E-state index in [-0.39, 0.29) is 11.3 Å². The van der Waals surface area contributed by atoms with E-state index in [9.17, 15) is 9.59 Å². The van der Waals surface area contributed by atoms with Crippen LogP contribution in [0.4, 0.5) is 0 Å². The Kier molecular flexibility index (Phi) is 4.02. The third-order valence-corrected chi connectivity index (χ3v) is 3.85. The summed E-state index contributed by atoms with van der Waals surface area (Å²) in [5.74, 6) is -0.173. The van der Waals surface area contributed by atoms with Gasteiger partial charge in [0.2, 0.25) is 0 Å². The minimum atomic E-state index is -0.220. The van der Waals surface area contributed by atoms with Gasteiger partial charge in [0.25, 0.3) is 5.56 Å². The molecule has 0 spiro atoms. The van der Waals surface area contributed by atoms with Gasteiger partial charge < -0.3 is 4.98 Å². The molecule has 0 radical (unpaired) electrons. The fourth-order valence-corrected chi connectivity index (χ4v) is 2.74. The highest BCUT2D eigenvalue weighted by molar-refractivity contribution is 7.07. The van der Waals surface area contributed by atoms with Crippen LogP contribution < -0.4 is 14.8 Å². The molecule has 3 aromatic rings. The summed E-state index contributed by atoms with van der Waals surface area (Å²) in [7, 11) is 0. The molecule has 0 atom stereocenters. The molecule has 0 aromatic carbocycles. The van der Waals surface area contributed by atoms with Crippen molar-refractivity contribution in [1.82, 2.24) is 15.0 Å². The zero-order valence-corrected chi connectivity index (χ0v) is 12.2. The van der Waals surface area contributed by atoms with Crippen LogP contribution >= 0.6 is 11.3 Å². The van der Waals surface area contributed by atoms with Crippen molar-refractivity contribution in [3.05, 3.63) is 79.7 Å². The number of hydrogen-bond acceptors (Lipinski definition) is 5. The van der Waals surface area contributed by atoms with E-state index in [4.69, 9.17) is 0 Å². The lowest BCUT2D eigenvalue weighted by molar-refractivity contribution is 0.106. The number of hydrogen-bond donors (Lipinski definition) is 1. The summed E-state index contributed by atoms with van der Waals surface area (Å²) in [6, 6.07) is 6.92. The molecule has 3 rings (SSSR count). The number of ketones is 1. The molecule has 3 aromatic heterocycles. The lowest BCUT2D eigenvalue weighted by Crippen LogP contribution is -2.20. The van der Waals surface area contributed by atoms with E-state index in [1.807, 2.05) is 6.07 Å². The maximum atomic E-state index is 12.1. The summed E-state index contributed by atoms with van der Waals surface area (Å²) in [6.07, 6.45) is 9.61. The van der Waals surface area contributed by atoms with Crippen LogP contribution in [0.5, 0.6) is 0 Å². The molecule has 0 amide bonds. The molecule has 0 fully saturated rings. The number of nitrogens with one attached hydrogen (secondary N) is 1. The van der Waals surface area contributed by atoms with Crippen LogP contribution in [0.25, 0.3) is 12.2 Å². The molecular formula is C16H11N3O2S. The van der Waals surface area contributed by atoms with E-state index in [1.54, 1.807) is 49.1 Å². The molecule has 0 saturated carbocycles. The van der Waals surface area contributed by atoms with Gasteiger partial charge in [-0.15, -0.1) is 11.3 Å². The van der Waals surface area contributed by atoms with E-state index in [2.05, 4.69) is 15.0 Å². The van der Waals surface area contributed by atoms with Crippen molar-refractivity contribution in [2.24, 2.45) is 0 Å². The van der Waals surface area contributed by atoms with Crippen molar-refractivity contribution >= 4 is 29.3 Å². The largest absolute Gasteiger partial charge is 0.313 e. The molecule has 0 aliphatic rings. The Labute approximate surface area is 129 Å². The number of carbonyl (C=O) groups is 1. The molecule has 3 heterocycles. The summed E-state index contributed by atoms with van der Waals surface area (Å²) in [6.45, 7) is 0. The van der Waals surface area contributed by atoms with Gasteiger partial charge in [-0.3, -0.25) is 19.6 Å². The normalized spacial score (nSPS) is 12.5. The van der Waals surface area contributed by atoms with Gasteiger partial charge in [-0.1, -0.05) is 6.07 Å². The third-order valence-electron chi connectivity index (χ3n) is 2.89. The Bertz CT molecular complexity index is 960. The van der Waals surface area contributed by atoms with Gasteiger partial charge >= 0.3 is 0 Å². The van der Waals surface area contributed by atoms with E-state index in [0.717, 1.165) is 5.56 Å². The summed E-state index contributed by atoms with van der Waals surface area (Å²) in [5.41, 5.74) is 1.14. The third kappa shape index (κ3) is 3.24. The molecule has 6 heteroatoms. The number of aromatic nitrogens is 3. The minimum absolute atomic E-state index is 0.173. The van der Waals surface area contributed by atoms with Crippen LogP contribution in [0, 0.1) is 0 Å². The Morgan fingerprint density at radius 3 is 2.68 bits per heavy atom. The van der Waals surface area contributed by atoms with E-state index < -0.39 is 0 Å². The number of pyridine rings is 2. The highest BCUT2D eigenvalue weighted by atomic mass is 32.1. The van der Waals surface area contributed by atoms with Gasteiger partial charge in [0.1, 0.15) is 0 Å². The van der Waals surface area contributed by atoms with Gasteiger partial charge in [-0.2, -0.15) is 0 Å². The van der Waals surface area contributed by atoms with E-state index in [0.29, 0.717) is 14.8 Å². The number of nitrogens with zero attached hydrogens (tertiary/aromatic N) is 2. The van der Waals surface area contributed by atoms with Crippen molar-refractivity contribution in [2.45, 2.75) is 0 Å². The zero-order valence-electron chi connectivity index (χ0n) is 11.4. The SMILES string of the molecule is O=C(/C=c1\[nH]c(=O)/c(=C\c2cccnc2)s1)c1ccncc1. The molecule has 0 bridgehead atoms. The second-order valence-electron chi connectivity index (χ2n) is 4.46. The Morgan fingerprint density at radius 1 is 1.14 bits per heavy atom. The first kappa shape index (κ1) is 14.1. The maximum absolute atomic E-state index is 12.1. The standard InChI is InChI=1S/C16H11N3O2S/c20-13(12-3-6-17-7-4-12)9-15-19-16(21)14(22-15)8-11-2-1-5-18-10-11/h1-10H,(H,19,21)/b14-8+,15-9+. The van der Waals surface area contributed by atoms with Gasteiger partial charge in [0, 0.05) is 36.4 Å². The van der Waals surface area contributed by atoms with Gasteiger partial charge in [0.15, 0.2) is 5.78 Å². The van der Waals surface area contributed by atoms with Crippen LogP contribution in [0.15, 0.2) is 53.8 Å². The number of H-pyrrole nitrogens is 1. The summed E-state index contributed by atoms with van der Waals surface area (Å²) in [4.78, 5) is 34.5. The molecule has 0 unspecified atom stereocenters. The number of Topliss-reactive ketones (excluding diaryl/α,β-unsaturated/α-hetero) is 1. The Morgan fingerprint density at radius 2 is 1.95 bits per heavy atom. The highest BCUT2D eigenvalue weighted by Crippen LogP contribution is 1.98. The van der Waals surface area contributed by atoms with Crippen LogP contribution in [-0.2, 0) is 0 Å². The van der Waals surface area contributed by atoms with Gasteiger partial charge in [-0.25, -0.2) is 0 Å². The Balaban J connectivity index is 2.00. The average molecular weight is 309 g/mol. The first-order chi connectivity index (χ1) is 10.7. The number of aromatic amines is 1. The number of thiazole rings is 1. The minimum Gasteiger partial charge on any atom is -0.313 e. The predicted octanol–water partition coefficient (Wildman–Crippen LogP) is 0.719. The van der Waals surface area contributed by atoms with Crippen LogP contribution in [0.2, 0.25) is 0 Å². The summed E-state index contributed by atoms with van der Waals surface area (Å²) < 4.78 is 1.05. The van der Waals surface area contributed by atoms with Crippen molar-refractivity contribution < 1.29 is 4.79 Å². The Hall–Kier alpha value is -2.86. The molecule has 0 saturated heterocycles. The maximum Gasteiger partial charge on any atom is 0.266 e. The topological polar surface area (TPSA) is 75.7 Å². The van der Waals surface area contributed by atoms with Crippen LogP contribution in [0.1, 0.15) is 15.9 Å². The van der Waals surface area contributed by atoms with Crippen molar-refractivity contribution in [3.63, 3.8) is 0 Å². The lowest BCUT2D eigenvalue weighted by atomic mass is 10.2. The van der Waals surface area contributed by atoms with Crippen LogP contribution in [-0.4, -0.2) is 20.7 Å². The summed E-state index contributed by atoms with van der Waals surface area (Å²) >= 11 is 1.23. The van der Waals surface area contributed by atoms with Crippen molar-refractivity contribution in [3.8, 4) is 0 Å². The number of rotatable bonds is 3. The highest BCUT2D eigenvalue weighted by Gasteiger charge is 2.02. The fraction of sp³-hybridized carbons (Fsp3) is 0. The second kappa shape index (κ2) is 6.28. The molecular weight excluding hydrogens is 298 g/mol. The van der Waals surface area contributed by atoms with Crippen molar-refractivity contribution in [2.75, 3.05) is 0 Å². The van der Waals surface area contributed by atoms with Crippen LogP contribution in [0.3, 0.4) is 0 Å². The summed E-state index contributed by atoms with van der Waals surface area (Å²) in [5, 5.41) is 0. The average Bonchev–Trinajstić information content (AvgIpc) is 2.88. The van der Waals surface area contributed by atoms with Gasteiger partial charge in [-0.05, 0) is 29.8 Å². The predicted molar refractivity (Wildman–Crippen MR) is 85.0 cm³/mol. The molecule has 22 heavy (non-hydrogen) atoms. The first-order valence-electron chi connectivity index (χ1n) is 6.49. The lowest BCUT2D eigenvalue weighted by Gasteiger charge is -1.91. The molecule has 5 nitrogen and oxygen atoms in total. The monoisotopic (exact) mass is 309 g/mol. The van der Waals surface area contributed by atoms with E-state index >= 15 is 0 Å². The molecule has 1 N–H and O–H groups in total. The molecule has 0 aliphatic carbocycles. The number of carbonyl (C=O) groups excluding carboxylic acids is 1. The van der Waals surface area contributed by atoms with Crippen molar-refractivity contribution in [1.29, 1.82) is 0 Å². The zero-order chi connectivity index (χ0) is 15.4. The quantitative estimate of drug-likeness (QED) is 0.723. The van der Waals surface area contributed by atoms with E-state index in [1.165, 1.54) is 17.4 Å². The molecule has 108 valence electrons. The fourth-order valence-electron chi connectivity index (χ4n) is 1.86. The second-order valence-corrected chi connectivity index (χ2v) is 5.54.